The fraction of sp³-hybridized carbons (Fsp3) is 0.533. The van der Waals surface area contributed by atoms with Gasteiger partial charge in [-0.2, -0.15) is 0 Å². The molecular weight excluding hydrogens is 318 g/mol. The summed E-state index contributed by atoms with van der Waals surface area (Å²) in [5.74, 6) is 0.807. The minimum atomic E-state index is -0.191. The number of piperidine rings is 3. The Morgan fingerprint density at radius 2 is 2.10 bits per heavy atom. The van der Waals surface area contributed by atoms with Crippen molar-refractivity contribution in [2.75, 3.05) is 25.0 Å². The number of fused-ring (bicyclic) bond motifs is 4. The van der Waals surface area contributed by atoms with E-state index in [-0.39, 0.29) is 11.9 Å². The predicted molar refractivity (Wildman–Crippen MR) is 81.6 cm³/mol. The van der Waals surface area contributed by atoms with Crippen molar-refractivity contribution in [2.45, 2.75) is 24.9 Å². The highest BCUT2D eigenvalue weighted by atomic mass is 79.9. The van der Waals surface area contributed by atoms with E-state index >= 15 is 0 Å². The van der Waals surface area contributed by atoms with Gasteiger partial charge in [0.05, 0.1) is 0 Å². The molecule has 3 fully saturated rings. The topological polar surface area (TPSA) is 44.4 Å². The molecule has 1 aromatic carbocycles. The van der Waals surface area contributed by atoms with E-state index in [0.717, 1.165) is 28.2 Å². The van der Waals surface area contributed by atoms with E-state index in [1.54, 1.807) is 0 Å². The summed E-state index contributed by atoms with van der Waals surface area (Å²) in [6.45, 7) is 3.53. The summed E-state index contributed by atoms with van der Waals surface area (Å²) >= 11 is 3.45. The molecule has 4 heterocycles. The average Bonchev–Trinajstić information content (AvgIpc) is 2.75. The fourth-order valence-electron chi connectivity index (χ4n) is 3.77. The minimum absolute atomic E-state index is 0.0783. The first-order valence-electron chi connectivity index (χ1n) is 7.29. The van der Waals surface area contributed by atoms with Gasteiger partial charge < -0.3 is 10.2 Å². The Bertz CT molecular complexity index is 554. The number of halogens is 1. The molecule has 1 amide bonds. The molecule has 4 aliphatic rings. The van der Waals surface area contributed by atoms with Crippen LogP contribution >= 0.6 is 15.9 Å². The fourth-order valence-corrected chi connectivity index (χ4v) is 4.13. The molecule has 4 nitrogen and oxygen atoms in total. The normalized spacial score (nSPS) is 35.0. The molecule has 2 N–H and O–H groups in total. The summed E-state index contributed by atoms with van der Waals surface area (Å²) in [5, 5.41) is 6.58. The second-order valence-electron chi connectivity index (χ2n) is 6.07. The van der Waals surface area contributed by atoms with Gasteiger partial charge in [-0.3, -0.25) is 10.1 Å². The highest BCUT2D eigenvalue weighted by molar-refractivity contribution is 9.10. The first-order chi connectivity index (χ1) is 9.70. The molecule has 2 bridgehead atoms. The highest BCUT2D eigenvalue weighted by Gasteiger charge is 2.38. The minimum Gasteiger partial charge on any atom is -0.324 e. The summed E-state index contributed by atoms with van der Waals surface area (Å²) in [6, 6.07) is 6.28. The van der Waals surface area contributed by atoms with E-state index in [4.69, 9.17) is 0 Å². The van der Waals surface area contributed by atoms with Crippen molar-refractivity contribution in [1.29, 1.82) is 0 Å². The molecule has 0 aliphatic carbocycles. The van der Waals surface area contributed by atoms with Gasteiger partial charge in [0.25, 0.3) is 0 Å². The summed E-state index contributed by atoms with van der Waals surface area (Å²) in [4.78, 5) is 14.7. The molecule has 0 aromatic heterocycles. The first kappa shape index (κ1) is 12.8. The monoisotopic (exact) mass is 335 g/mol. The van der Waals surface area contributed by atoms with Crippen LogP contribution < -0.4 is 10.6 Å². The molecule has 1 aromatic rings. The Kier molecular flexibility index (Phi) is 3.09. The highest BCUT2D eigenvalue weighted by Crippen LogP contribution is 2.35. The number of carbonyl (C=O) groups excluding carboxylic acids is 1. The molecule has 5 heteroatoms. The molecule has 2 atom stereocenters. The van der Waals surface area contributed by atoms with Gasteiger partial charge in [-0.25, -0.2) is 0 Å². The van der Waals surface area contributed by atoms with Gasteiger partial charge in [-0.1, -0.05) is 22.0 Å². The van der Waals surface area contributed by atoms with Gasteiger partial charge in [-0.15, -0.1) is 0 Å². The Hall–Kier alpha value is -0.910. The number of nitrogens with zero attached hydrogens (tertiary/aromatic N) is 1. The number of rotatable bonds is 2. The van der Waals surface area contributed by atoms with Crippen LogP contribution in [0.5, 0.6) is 0 Å². The quantitative estimate of drug-likeness (QED) is 0.870. The zero-order chi connectivity index (χ0) is 13.7. The lowest BCUT2D eigenvalue weighted by molar-refractivity contribution is -0.118. The Balaban J connectivity index is 1.56. The summed E-state index contributed by atoms with van der Waals surface area (Å²) in [5.41, 5.74) is 2.01. The Morgan fingerprint density at radius 3 is 2.80 bits per heavy atom. The predicted octanol–water partition coefficient (Wildman–Crippen LogP) is 2.13. The number of nitrogens with one attached hydrogen (secondary N) is 2. The maximum Gasteiger partial charge on any atom is 0.246 e. The lowest BCUT2D eigenvalue weighted by atomic mass is 9.83. The van der Waals surface area contributed by atoms with Gasteiger partial charge in [0.15, 0.2) is 0 Å². The van der Waals surface area contributed by atoms with Crippen molar-refractivity contribution in [2.24, 2.45) is 5.92 Å². The van der Waals surface area contributed by atoms with Gasteiger partial charge >= 0.3 is 0 Å². The number of carbonyl (C=O) groups is 1. The third-order valence-corrected chi connectivity index (χ3v) is 5.38. The molecule has 0 spiro atoms. The van der Waals surface area contributed by atoms with Crippen LogP contribution in [0.4, 0.5) is 5.69 Å². The van der Waals surface area contributed by atoms with Crippen molar-refractivity contribution in [3.8, 4) is 0 Å². The molecule has 4 aliphatic heterocycles. The number of anilines is 1. The molecule has 2 unspecified atom stereocenters. The number of hydrogen-bond acceptors (Lipinski definition) is 3. The van der Waals surface area contributed by atoms with Crippen LogP contribution in [0.2, 0.25) is 0 Å². The molecule has 20 heavy (non-hydrogen) atoms. The van der Waals surface area contributed by atoms with Gasteiger partial charge in [0.1, 0.15) is 6.04 Å². The summed E-state index contributed by atoms with van der Waals surface area (Å²) in [6.07, 6.45) is 2.53. The van der Waals surface area contributed by atoms with E-state index < -0.39 is 0 Å². The number of hydrogen-bond donors (Lipinski definition) is 2. The Morgan fingerprint density at radius 1 is 1.30 bits per heavy atom. The van der Waals surface area contributed by atoms with Gasteiger partial charge in [0.2, 0.25) is 5.91 Å². The SMILES string of the molecule is O=C1Nc2cc(Br)ccc2C1NC1CN2CCC1CC2. The maximum absolute atomic E-state index is 12.2. The first-order valence-corrected chi connectivity index (χ1v) is 8.09. The van der Waals surface area contributed by atoms with Crippen LogP contribution in [0.15, 0.2) is 22.7 Å². The van der Waals surface area contributed by atoms with Crippen LogP contribution in [0, 0.1) is 5.92 Å². The van der Waals surface area contributed by atoms with Crippen molar-refractivity contribution in [3.05, 3.63) is 28.2 Å². The van der Waals surface area contributed by atoms with Crippen LogP contribution in [0.3, 0.4) is 0 Å². The zero-order valence-electron chi connectivity index (χ0n) is 11.2. The third kappa shape index (κ3) is 2.08. The van der Waals surface area contributed by atoms with Gasteiger partial charge in [-0.05, 0) is 44.0 Å². The largest absolute Gasteiger partial charge is 0.324 e. The van der Waals surface area contributed by atoms with Crippen molar-refractivity contribution in [1.82, 2.24) is 10.2 Å². The molecule has 0 saturated carbocycles. The van der Waals surface area contributed by atoms with Gasteiger partial charge in [0, 0.05) is 28.3 Å². The standard InChI is InChI=1S/C15H18BrN3O/c16-10-1-2-11-12(7-10)18-15(20)14(11)17-13-8-19-5-3-9(13)4-6-19/h1-2,7,9,13-14,17H,3-6,8H2,(H,18,20). The number of benzene rings is 1. The van der Waals surface area contributed by atoms with Crippen LogP contribution in [-0.4, -0.2) is 36.5 Å². The maximum atomic E-state index is 12.2. The third-order valence-electron chi connectivity index (χ3n) is 4.88. The Labute approximate surface area is 127 Å². The molecule has 3 saturated heterocycles. The van der Waals surface area contributed by atoms with Crippen LogP contribution in [0.25, 0.3) is 0 Å². The number of amides is 1. The molecule has 5 rings (SSSR count). The van der Waals surface area contributed by atoms with E-state index in [1.807, 2.05) is 18.2 Å². The van der Waals surface area contributed by atoms with E-state index in [9.17, 15) is 4.79 Å². The second-order valence-corrected chi connectivity index (χ2v) is 6.98. The molecule has 0 radical (unpaired) electrons. The van der Waals surface area contributed by atoms with Crippen LogP contribution in [-0.2, 0) is 4.79 Å². The lowest BCUT2D eigenvalue weighted by Crippen LogP contribution is -2.57. The second kappa shape index (κ2) is 4.83. The van der Waals surface area contributed by atoms with Crippen molar-refractivity contribution < 1.29 is 4.79 Å². The van der Waals surface area contributed by atoms with Crippen molar-refractivity contribution >= 4 is 27.5 Å². The zero-order valence-corrected chi connectivity index (χ0v) is 12.8. The lowest BCUT2D eigenvalue weighted by Gasteiger charge is -2.45. The van der Waals surface area contributed by atoms with Crippen molar-refractivity contribution in [3.63, 3.8) is 0 Å². The summed E-state index contributed by atoms with van der Waals surface area (Å²) < 4.78 is 1.00. The van der Waals surface area contributed by atoms with E-state index in [2.05, 4.69) is 31.5 Å². The molecular formula is C15H18BrN3O. The van der Waals surface area contributed by atoms with Crippen LogP contribution in [0.1, 0.15) is 24.4 Å². The summed E-state index contributed by atoms with van der Waals surface area (Å²) in [7, 11) is 0. The smallest absolute Gasteiger partial charge is 0.246 e. The molecule has 106 valence electrons. The van der Waals surface area contributed by atoms with E-state index in [1.165, 1.54) is 25.9 Å². The average molecular weight is 336 g/mol. The van der Waals surface area contributed by atoms with E-state index in [0.29, 0.717) is 6.04 Å².